The number of methoxy groups -OCH3 is 1. The van der Waals surface area contributed by atoms with Crippen molar-refractivity contribution in [3.8, 4) is 11.5 Å². The van der Waals surface area contributed by atoms with E-state index in [9.17, 15) is 18.4 Å². The fraction of sp³-hybridized carbons (Fsp3) is 0.296. The SMILES string of the molecule is CCC1CC(=O)N(Cc2ccc(NC(=O)c3ccc(Cl)nn3)cc2)N=C1c1ccc(OCC(F)F)c(OC)c1. The molecule has 1 unspecified atom stereocenters. The monoisotopic (exact) mass is 557 g/mol. The van der Waals surface area contributed by atoms with Gasteiger partial charge in [-0.2, -0.15) is 5.10 Å². The number of amides is 2. The van der Waals surface area contributed by atoms with Crippen LogP contribution in [-0.4, -0.2) is 52.9 Å². The zero-order chi connectivity index (χ0) is 27.9. The molecule has 2 heterocycles. The van der Waals surface area contributed by atoms with E-state index in [0.29, 0.717) is 29.1 Å². The molecule has 1 N–H and O–H groups in total. The van der Waals surface area contributed by atoms with E-state index in [1.165, 1.54) is 24.3 Å². The van der Waals surface area contributed by atoms with Crippen molar-refractivity contribution in [1.82, 2.24) is 15.2 Å². The van der Waals surface area contributed by atoms with Crippen LogP contribution in [0.5, 0.6) is 11.5 Å². The van der Waals surface area contributed by atoms with Crippen molar-refractivity contribution >= 4 is 34.8 Å². The number of ether oxygens (including phenoxy) is 2. The summed E-state index contributed by atoms with van der Waals surface area (Å²) >= 11 is 5.71. The van der Waals surface area contributed by atoms with E-state index in [1.807, 2.05) is 6.92 Å². The van der Waals surface area contributed by atoms with Gasteiger partial charge < -0.3 is 14.8 Å². The molecule has 2 amide bonds. The fourth-order valence-corrected chi connectivity index (χ4v) is 4.13. The summed E-state index contributed by atoms with van der Waals surface area (Å²) in [6.07, 6.45) is -1.64. The average Bonchev–Trinajstić information content (AvgIpc) is 2.94. The lowest BCUT2D eigenvalue weighted by Crippen LogP contribution is -2.36. The molecule has 0 bridgehead atoms. The lowest BCUT2D eigenvalue weighted by Gasteiger charge is -2.29. The van der Waals surface area contributed by atoms with Crippen molar-refractivity contribution in [2.45, 2.75) is 32.7 Å². The van der Waals surface area contributed by atoms with Gasteiger partial charge in [0.2, 0.25) is 5.91 Å². The van der Waals surface area contributed by atoms with Gasteiger partial charge in [0.05, 0.1) is 19.4 Å². The van der Waals surface area contributed by atoms with E-state index >= 15 is 0 Å². The molecule has 39 heavy (non-hydrogen) atoms. The average molecular weight is 558 g/mol. The second kappa shape index (κ2) is 12.6. The van der Waals surface area contributed by atoms with Crippen LogP contribution in [0.15, 0.2) is 59.7 Å². The molecule has 4 rings (SSSR count). The van der Waals surface area contributed by atoms with E-state index in [1.54, 1.807) is 42.5 Å². The number of alkyl halides is 2. The summed E-state index contributed by atoms with van der Waals surface area (Å²) in [6, 6.07) is 14.9. The maximum atomic E-state index is 12.9. The molecule has 204 valence electrons. The molecular weight excluding hydrogens is 532 g/mol. The minimum absolute atomic E-state index is 0.111. The summed E-state index contributed by atoms with van der Waals surface area (Å²) in [5.74, 6) is -0.155. The molecule has 0 spiro atoms. The quantitative estimate of drug-likeness (QED) is 0.367. The summed E-state index contributed by atoms with van der Waals surface area (Å²) in [6.45, 7) is 1.46. The van der Waals surface area contributed by atoms with Crippen molar-refractivity contribution in [2.24, 2.45) is 11.0 Å². The molecular formula is C27H26ClF2N5O4. The third kappa shape index (κ3) is 7.05. The Hall–Kier alpha value is -4.12. The Balaban J connectivity index is 1.50. The first kappa shape index (κ1) is 27.9. The topological polar surface area (TPSA) is 106 Å². The van der Waals surface area contributed by atoms with Crippen LogP contribution in [-0.2, 0) is 11.3 Å². The number of benzene rings is 2. The van der Waals surface area contributed by atoms with Crippen molar-refractivity contribution in [1.29, 1.82) is 0 Å². The second-order valence-electron chi connectivity index (χ2n) is 8.71. The molecule has 1 aromatic heterocycles. The van der Waals surface area contributed by atoms with Crippen molar-refractivity contribution in [3.63, 3.8) is 0 Å². The van der Waals surface area contributed by atoms with E-state index in [-0.39, 0.29) is 41.4 Å². The van der Waals surface area contributed by atoms with Gasteiger partial charge in [0.15, 0.2) is 22.3 Å². The predicted molar refractivity (Wildman–Crippen MR) is 141 cm³/mol. The lowest BCUT2D eigenvalue weighted by molar-refractivity contribution is -0.133. The number of anilines is 1. The van der Waals surface area contributed by atoms with Gasteiger partial charge in [-0.25, -0.2) is 13.8 Å². The van der Waals surface area contributed by atoms with E-state index in [4.69, 9.17) is 21.1 Å². The summed E-state index contributed by atoms with van der Waals surface area (Å²) < 4.78 is 35.7. The maximum absolute atomic E-state index is 12.9. The third-order valence-corrected chi connectivity index (χ3v) is 6.25. The summed E-state index contributed by atoms with van der Waals surface area (Å²) in [5, 5.41) is 16.4. The van der Waals surface area contributed by atoms with Crippen LogP contribution in [0.3, 0.4) is 0 Å². The van der Waals surface area contributed by atoms with E-state index < -0.39 is 18.9 Å². The van der Waals surface area contributed by atoms with E-state index in [2.05, 4.69) is 20.6 Å². The maximum Gasteiger partial charge on any atom is 0.276 e. The van der Waals surface area contributed by atoms with Crippen LogP contribution in [0.25, 0.3) is 0 Å². The van der Waals surface area contributed by atoms with Gasteiger partial charge in [0.25, 0.3) is 12.3 Å². The zero-order valence-corrected chi connectivity index (χ0v) is 22.0. The first-order chi connectivity index (χ1) is 18.8. The molecule has 9 nitrogen and oxygen atoms in total. The number of carbonyl (C=O) groups excluding carboxylic acids is 2. The molecule has 0 aliphatic carbocycles. The Bertz CT molecular complexity index is 1350. The number of rotatable bonds is 10. The van der Waals surface area contributed by atoms with Crippen molar-refractivity contribution in [3.05, 3.63) is 76.6 Å². The second-order valence-corrected chi connectivity index (χ2v) is 9.09. The smallest absolute Gasteiger partial charge is 0.276 e. The standard InChI is InChI=1S/C27H26ClF2N5O4/c1-3-17-13-25(36)35(34-26(17)18-6-10-21(22(12-18)38-2)39-15-24(29)30)14-16-4-7-19(8-5-16)31-27(37)20-9-11-23(28)33-32-20/h4-12,17,24H,3,13-15H2,1-2H3,(H,31,37). The third-order valence-electron chi connectivity index (χ3n) is 6.05. The van der Waals surface area contributed by atoms with Crippen LogP contribution in [0, 0.1) is 5.92 Å². The van der Waals surface area contributed by atoms with Crippen LogP contribution < -0.4 is 14.8 Å². The van der Waals surface area contributed by atoms with Crippen LogP contribution in [0.1, 0.15) is 41.4 Å². The zero-order valence-electron chi connectivity index (χ0n) is 21.2. The number of carbonyl (C=O) groups is 2. The van der Waals surface area contributed by atoms with Gasteiger partial charge in [-0.3, -0.25) is 9.59 Å². The van der Waals surface area contributed by atoms with Gasteiger partial charge in [-0.05, 0) is 54.4 Å². The Morgan fingerprint density at radius 3 is 2.54 bits per heavy atom. The molecule has 1 atom stereocenters. The fourth-order valence-electron chi connectivity index (χ4n) is 4.03. The lowest BCUT2D eigenvalue weighted by atomic mass is 9.89. The molecule has 3 aromatic rings. The molecule has 12 heteroatoms. The van der Waals surface area contributed by atoms with Crippen LogP contribution >= 0.6 is 11.6 Å². The molecule has 0 saturated carbocycles. The van der Waals surface area contributed by atoms with Crippen molar-refractivity contribution < 1.29 is 27.8 Å². The highest BCUT2D eigenvalue weighted by atomic mass is 35.5. The Morgan fingerprint density at radius 1 is 1.13 bits per heavy atom. The number of hydrogen-bond donors (Lipinski definition) is 1. The number of aromatic nitrogens is 2. The molecule has 0 radical (unpaired) electrons. The van der Waals surface area contributed by atoms with Crippen LogP contribution in [0.4, 0.5) is 14.5 Å². The Labute approximate surface area is 228 Å². The summed E-state index contributed by atoms with van der Waals surface area (Å²) in [7, 11) is 1.43. The first-order valence-corrected chi connectivity index (χ1v) is 12.5. The molecule has 2 aromatic carbocycles. The Kier molecular flexibility index (Phi) is 9.03. The molecule has 1 aliphatic heterocycles. The van der Waals surface area contributed by atoms with Gasteiger partial charge in [-0.1, -0.05) is 30.7 Å². The van der Waals surface area contributed by atoms with Crippen molar-refractivity contribution in [2.75, 3.05) is 19.0 Å². The van der Waals surface area contributed by atoms with Crippen LogP contribution in [0.2, 0.25) is 5.15 Å². The molecule has 0 saturated heterocycles. The first-order valence-electron chi connectivity index (χ1n) is 12.1. The minimum atomic E-state index is -2.61. The number of nitrogens with one attached hydrogen (secondary N) is 1. The van der Waals surface area contributed by atoms with Gasteiger partial charge >= 0.3 is 0 Å². The normalized spacial score (nSPS) is 15.2. The largest absolute Gasteiger partial charge is 0.493 e. The highest BCUT2D eigenvalue weighted by Crippen LogP contribution is 2.32. The van der Waals surface area contributed by atoms with Gasteiger partial charge in [0.1, 0.15) is 6.61 Å². The Morgan fingerprint density at radius 2 is 1.90 bits per heavy atom. The molecule has 0 fully saturated rings. The van der Waals surface area contributed by atoms with E-state index in [0.717, 1.165) is 5.56 Å². The summed E-state index contributed by atoms with van der Waals surface area (Å²) in [4.78, 5) is 25.2. The van der Waals surface area contributed by atoms with Gasteiger partial charge in [-0.15, -0.1) is 10.2 Å². The minimum Gasteiger partial charge on any atom is -0.493 e. The number of hydrogen-bond acceptors (Lipinski definition) is 7. The number of hydrazone groups is 1. The highest BCUT2D eigenvalue weighted by Gasteiger charge is 2.30. The molecule has 1 aliphatic rings. The number of halogens is 3. The summed E-state index contributed by atoms with van der Waals surface area (Å²) in [5.41, 5.74) is 2.88. The predicted octanol–water partition coefficient (Wildman–Crippen LogP) is 5.20. The van der Waals surface area contributed by atoms with Gasteiger partial charge in [0, 0.05) is 23.6 Å². The number of nitrogens with zero attached hydrogens (tertiary/aromatic N) is 4. The highest BCUT2D eigenvalue weighted by molar-refractivity contribution is 6.29.